The fourth-order valence-corrected chi connectivity index (χ4v) is 5.24. The van der Waals surface area contributed by atoms with Crippen molar-refractivity contribution >= 4 is 11.8 Å². The first kappa shape index (κ1) is 24.1. The lowest BCUT2D eigenvalue weighted by atomic mass is 10.1. The molecule has 1 saturated heterocycles. The predicted molar refractivity (Wildman–Crippen MR) is 139 cm³/mol. The Balaban J connectivity index is 1.23. The Hall–Kier alpha value is -3.61. The lowest BCUT2D eigenvalue weighted by Gasteiger charge is -2.34. The lowest BCUT2D eigenvalue weighted by molar-refractivity contribution is -0.132. The molecular weight excluding hydrogens is 452 g/mol. The lowest BCUT2D eigenvalue weighted by Crippen LogP contribution is -2.50. The molecule has 1 fully saturated rings. The van der Waals surface area contributed by atoms with Crippen LogP contribution in [0.1, 0.15) is 53.0 Å². The average Bonchev–Trinajstić information content (AvgIpc) is 3.12. The Morgan fingerprint density at radius 3 is 2.28 bits per heavy atom. The van der Waals surface area contributed by atoms with Gasteiger partial charge in [0.15, 0.2) is 5.69 Å². The summed E-state index contributed by atoms with van der Waals surface area (Å²) in [6, 6.07) is 17.9. The Morgan fingerprint density at radius 1 is 0.861 bits per heavy atom. The third-order valence-corrected chi connectivity index (χ3v) is 7.34. The number of rotatable bonds is 6. The van der Waals surface area contributed by atoms with E-state index >= 15 is 0 Å². The van der Waals surface area contributed by atoms with E-state index < -0.39 is 0 Å². The first-order valence-corrected chi connectivity index (χ1v) is 13.0. The van der Waals surface area contributed by atoms with Gasteiger partial charge in [0.25, 0.3) is 5.91 Å². The van der Waals surface area contributed by atoms with E-state index in [1.54, 1.807) is 7.11 Å². The summed E-state index contributed by atoms with van der Waals surface area (Å²) in [6.45, 7) is 2.21. The summed E-state index contributed by atoms with van der Waals surface area (Å²) in [7, 11) is 1.65. The molecule has 1 aliphatic heterocycles. The molecule has 2 aromatic carbocycles. The number of hydrogen-bond donors (Lipinski definition) is 0. The number of piperazine rings is 1. The summed E-state index contributed by atoms with van der Waals surface area (Å²) in [6.07, 6.45) is 6.39. The number of nitrogens with zero attached hydrogens (tertiary/aromatic N) is 4. The SMILES string of the molecule is COc1ccc(CCC(=O)N2CCN(C(=O)c3nn(-c4ccccc4)c4c3CCCCC4)CC2)cc1. The molecule has 1 aromatic heterocycles. The minimum atomic E-state index is -0.00633. The minimum Gasteiger partial charge on any atom is -0.497 e. The van der Waals surface area contributed by atoms with Crippen LogP contribution in [0.5, 0.6) is 5.75 Å². The molecule has 0 atom stereocenters. The number of methoxy groups -OCH3 is 1. The van der Waals surface area contributed by atoms with Gasteiger partial charge in [-0.15, -0.1) is 0 Å². The van der Waals surface area contributed by atoms with Crippen LogP contribution in [0.4, 0.5) is 0 Å². The van der Waals surface area contributed by atoms with Crippen LogP contribution in [-0.4, -0.2) is 64.7 Å². The molecule has 7 heteroatoms. The number of benzene rings is 2. The van der Waals surface area contributed by atoms with E-state index in [2.05, 4.69) is 0 Å². The van der Waals surface area contributed by atoms with Gasteiger partial charge in [0, 0.05) is 43.9 Å². The fraction of sp³-hybridized carbons (Fsp3) is 0.414. The van der Waals surface area contributed by atoms with Crippen LogP contribution in [0, 0.1) is 0 Å². The monoisotopic (exact) mass is 486 g/mol. The van der Waals surface area contributed by atoms with Gasteiger partial charge in [0.2, 0.25) is 5.91 Å². The highest BCUT2D eigenvalue weighted by Gasteiger charge is 2.30. The second kappa shape index (κ2) is 11.0. The number of aromatic nitrogens is 2. The van der Waals surface area contributed by atoms with Crippen molar-refractivity contribution in [3.8, 4) is 11.4 Å². The van der Waals surface area contributed by atoms with Gasteiger partial charge in [0.1, 0.15) is 5.75 Å². The van der Waals surface area contributed by atoms with E-state index in [9.17, 15) is 9.59 Å². The maximum Gasteiger partial charge on any atom is 0.274 e. The average molecular weight is 487 g/mol. The second-order valence-electron chi connectivity index (χ2n) is 9.60. The summed E-state index contributed by atoms with van der Waals surface area (Å²) < 4.78 is 7.18. The molecule has 3 aromatic rings. The fourth-order valence-electron chi connectivity index (χ4n) is 5.24. The quantitative estimate of drug-likeness (QED) is 0.493. The predicted octanol–water partition coefficient (Wildman–Crippen LogP) is 4.07. The van der Waals surface area contributed by atoms with E-state index in [1.165, 1.54) is 12.1 Å². The summed E-state index contributed by atoms with van der Waals surface area (Å²) in [4.78, 5) is 30.2. The number of ether oxygens (including phenoxy) is 1. The molecular formula is C29H34N4O3. The number of hydrogen-bond acceptors (Lipinski definition) is 4. The van der Waals surface area contributed by atoms with Gasteiger partial charge in [-0.2, -0.15) is 5.10 Å². The van der Waals surface area contributed by atoms with Crippen molar-refractivity contribution in [1.29, 1.82) is 0 Å². The molecule has 36 heavy (non-hydrogen) atoms. The number of fused-ring (bicyclic) bond motifs is 1. The number of amides is 2. The van der Waals surface area contributed by atoms with E-state index in [0.29, 0.717) is 44.7 Å². The van der Waals surface area contributed by atoms with Crippen molar-refractivity contribution in [3.05, 3.63) is 77.1 Å². The second-order valence-corrected chi connectivity index (χ2v) is 9.60. The maximum atomic E-state index is 13.6. The molecule has 0 unspecified atom stereocenters. The van der Waals surface area contributed by atoms with E-state index in [-0.39, 0.29) is 11.8 Å². The Morgan fingerprint density at radius 2 is 1.56 bits per heavy atom. The zero-order valence-corrected chi connectivity index (χ0v) is 21.0. The summed E-state index contributed by atoms with van der Waals surface area (Å²) in [5, 5.41) is 4.84. The van der Waals surface area contributed by atoms with Crippen LogP contribution in [0.3, 0.4) is 0 Å². The van der Waals surface area contributed by atoms with Crippen LogP contribution >= 0.6 is 0 Å². The molecule has 0 N–H and O–H groups in total. The van der Waals surface area contributed by atoms with Crippen molar-refractivity contribution in [2.45, 2.75) is 44.9 Å². The third kappa shape index (κ3) is 5.15. The van der Waals surface area contributed by atoms with Crippen molar-refractivity contribution in [2.24, 2.45) is 0 Å². The van der Waals surface area contributed by atoms with Crippen LogP contribution in [-0.2, 0) is 24.1 Å². The smallest absolute Gasteiger partial charge is 0.274 e. The first-order chi connectivity index (χ1) is 17.6. The molecule has 1 aliphatic carbocycles. The van der Waals surface area contributed by atoms with E-state index in [0.717, 1.165) is 48.2 Å². The summed E-state index contributed by atoms with van der Waals surface area (Å²) in [5.41, 5.74) is 5.00. The maximum absolute atomic E-state index is 13.6. The summed E-state index contributed by atoms with van der Waals surface area (Å²) in [5.74, 6) is 0.949. The Kier molecular flexibility index (Phi) is 7.35. The van der Waals surface area contributed by atoms with E-state index in [4.69, 9.17) is 9.84 Å². The van der Waals surface area contributed by atoms with Gasteiger partial charge < -0.3 is 14.5 Å². The zero-order valence-electron chi connectivity index (χ0n) is 21.0. The first-order valence-electron chi connectivity index (χ1n) is 13.0. The molecule has 2 aliphatic rings. The van der Waals surface area contributed by atoms with Gasteiger partial charge in [-0.25, -0.2) is 4.68 Å². The third-order valence-electron chi connectivity index (χ3n) is 7.34. The van der Waals surface area contributed by atoms with Crippen molar-refractivity contribution in [2.75, 3.05) is 33.3 Å². The van der Waals surface area contributed by atoms with Crippen LogP contribution in [0.25, 0.3) is 5.69 Å². The Labute approximate surface area is 212 Å². The summed E-state index contributed by atoms with van der Waals surface area (Å²) >= 11 is 0. The molecule has 2 heterocycles. The molecule has 7 nitrogen and oxygen atoms in total. The number of para-hydroxylation sites is 1. The standard InChI is InChI=1S/C29H34N4O3/c1-36-24-15-12-22(13-16-24)14-17-27(34)31-18-20-32(21-19-31)29(35)28-25-10-6-3-7-11-26(25)33(30-28)23-8-4-2-5-9-23/h2,4-5,8-9,12-13,15-16H,3,6-7,10-11,14,17-21H2,1H3. The topological polar surface area (TPSA) is 67.7 Å². The molecule has 0 bridgehead atoms. The van der Waals surface area contributed by atoms with Crippen LogP contribution in [0.15, 0.2) is 54.6 Å². The van der Waals surface area contributed by atoms with Gasteiger partial charge in [-0.05, 0) is 61.9 Å². The van der Waals surface area contributed by atoms with Crippen LogP contribution in [0.2, 0.25) is 0 Å². The molecule has 0 saturated carbocycles. The number of aryl methyl sites for hydroxylation is 1. The molecule has 0 spiro atoms. The highest BCUT2D eigenvalue weighted by Crippen LogP contribution is 2.27. The Bertz CT molecular complexity index is 1200. The number of carbonyl (C=O) groups is 2. The van der Waals surface area contributed by atoms with Crippen LogP contribution < -0.4 is 4.74 Å². The minimum absolute atomic E-state index is 0.00633. The van der Waals surface area contributed by atoms with Gasteiger partial charge in [-0.1, -0.05) is 36.8 Å². The molecule has 2 amide bonds. The van der Waals surface area contributed by atoms with Crippen molar-refractivity contribution in [1.82, 2.24) is 19.6 Å². The highest BCUT2D eigenvalue weighted by atomic mass is 16.5. The highest BCUT2D eigenvalue weighted by molar-refractivity contribution is 5.94. The molecule has 188 valence electrons. The van der Waals surface area contributed by atoms with Gasteiger partial charge in [0.05, 0.1) is 12.8 Å². The number of carbonyl (C=O) groups excluding carboxylic acids is 2. The normalized spacial score (nSPS) is 15.8. The molecule has 5 rings (SSSR count). The van der Waals surface area contributed by atoms with Crippen molar-refractivity contribution < 1.29 is 14.3 Å². The van der Waals surface area contributed by atoms with Gasteiger partial charge >= 0.3 is 0 Å². The largest absolute Gasteiger partial charge is 0.497 e. The van der Waals surface area contributed by atoms with Crippen molar-refractivity contribution in [3.63, 3.8) is 0 Å². The van der Waals surface area contributed by atoms with E-state index in [1.807, 2.05) is 69.1 Å². The molecule has 0 radical (unpaired) electrons. The zero-order chi connectivity index (χ0) is 24.9. The van der Waals surface area contributed by atoms with Gasteiger partial charge in [-0.3, -0.25) is 9.59 Å².